The minimum absolute atomic E-state index is 0.212. The van der Waals surface area contributed by atoms with Gasteiger partial charge >= 0.3 is 0 Å². The summed E-state index contributed by atoms with van der Waals surface area (Å²) in [5.74, 6) is -0.232. The van der Waals surface area contributed by atoms with E-state index in [4.69, 9.17) is 0 Å². The number of benzene rings is 1. The van der Waals surface area contributed by atoms with E-state index < -0.39 is 0 Å². The SMILES string of the molecule is CCc1[nH]c(=O)c(C(=O)N2CCN(C)Cc3ccccc32)cc1C. The number of aromatic nitrogens is 1. The van der Waals surface area contributed by atoms with Crippen LogP contribution in [0.1, 0.15) is 34.1 Å². The third-order valence-electron chi connectivity index (χ3n) is 4.60. The number of carbonyl (C=O) groups excluding carboxylic acids is 1. The lowest BCUT2D eigenvalue weighted by Crippen LogP contribution is -2.38. The van der Waals surface area contributed by atoms with Gasteiger partial charge in [0.1, 0.15) is 5.56 Å². The van der Waals surface area contributed by atoms with Gasteiger partial charge in [-0.2, -0.15) is 0 Å². The number of anilines is 1. The smallest absolute Gasteiger partial charge is 0.263 e. The zero-order valence-corrected chi connectivity index (χ0v) is 14.4. The predicted octanol–water partition coefficient (Wildman–Crippen LogP) is 2.34. The number of pyridine rings is 1. The van der Waals surface area contributed by atoms with Gasteiger partial charge in [-0.3, -0.25) is 9.59 Å². The number of nitrogens with one attached hydrogen (secondary N) is 1. The van der Waals surface area contributed by atoms with E-state index in [0.717, 1.165) is 42.0 Å². The number of para-hydroxylation sites is 1. The Bertz CT molecular complexity index is 826. The molecule has 0 unspecified atom stereocenters. The van der Waals surface area contributed by atoms with Crippen LogP contribution >= 0.6 is 0 Å². The van der Waals surface area contributed by atoms with Crippen LogP contribution in [0.2, 0.25) is 0 Å². The molecular formula is C19H23N3O2. The average molecular weight is 325 g/mol. The second kappa shape index (κ2) is 6.61. The lowest BCUT2D eigenvalue weighted by atomic mass is 10.1. The Hall–Kier alpha value is -2.40. The summed E-state index contributed by atoms with van der Waals surface area (Å²) in [7, 11) is 2.04. The zero-order valence-electron chi connectivity index (χ0n) is 14.4. The average Bonchev–Trinajstić information content (AvgIpc) is 2.74. The molecule has 0 atom stereocenters. The summed E-state index contributed by atoms with van der Waals surface area (Å²) in [6, 6.07) is 9.62. The summed E-state index contributed by atoms with van der Waals surface area (Å²) in [6.45, 7) is 6.05. The molecule has 0 saturated carbocycles. The number of carbonyl (C=O) groups is 1. The minimum atomic E-state index is -0.308. The maximum Gasteiger partial charge on any atom is 0.263 e. The van der Waals surface area contributed by atoms with E-state index in [1.54, 1.807) is 11.0 Å². The van der Waals surface area contributed by atoms with Gasteiger partial charge in [-0.15, -0.1) is 0 Å². The summed E-state index contributed by atoms with van der Waals surface area (Å²) >= 11 is 0. The van der Waals surface area contributed by atoms with Crippen LogP contribution in [-0.4, -0.2) is 35.9 Å². The van der Waals surface area contributed by atoms with Crippen molar-refractivity contribution >= 4 is 11.6 Å². The first-order valence-corrected chi connectivity index (χ1v) is 8.32. The van der Waals surface area contributed by atoms with Crippen LogP contribution in [0.3, 0.4) is 0 Å². The molecule has 1 aromatic carbocycles. The zero-order chi connectivity index (χ0) is 17.3. The Balaban J connectivity index is 2.04. The molecule has 1 aromatic heterocycles. The number of hydrogen-bond acceptors (Lipinski definition) is 3. The number of aromatic amines is 1. The molecule has 5 nitrogen and oxygen atoms in total. The van der Waals surface area contributed by atoms with Gasteiger partial charge in [-0.25, -0.2) is 0 Å². The first kappa shape index (κ1) is 16.5. The Morgan fingerprint density at radius 3 is 2.75 bits per heavy atom. The van der Waals surface area contributed by atoms with Crippen LogP contribution in [0.4, 0.5) is 5.69 Å². The third kappa shape index (κ3) is 2.99. The molecule has 0 bridgehead atoms. The summed E-state index contributed by atoms with van der Waals surface area (Å²) in [5.41, 5.74) is 3.72. The van der Waals surface area contributed by atoms with Gasteiger partial charge in [0, 0.05) is 31.0 Å². The highest BCUT2D eigenvalue weighted by molar-refractivity contribution is 6.06. The lowest BCUT2D eigenvalue weighted by Gasteiger charge is -2.22. The van der Waals surface area contributed by atoms with E-state index >= 15 is 0 Å². The molecule has 1 N–H and O–H groups in total. The molecule has 0 saturated heterocycles. The standard InChI is InChI=1S/C19H23N3O2/c1-4-16-13(2)11-15(18(23)20-16)19(24)22-10-9-21(3)12-14-7-5-6-8-17(14)22/h5-8,11H,4,9-10,12H2,1-3H3,(H,20,23). The molecule has 0 fully saturated rings. The molecule has 5 heteroatoms. The van der Waals surface area contributed by atoms with Gasteiger partial charge in [0.15, 0.2) is 0 Å². The molecule has 126 valence electrons. The van der Waals surface area contributed by atoms with Crippen molar-refractivity contribution < 1.29 is 4.79 Å². The lowest BCUT2D eigenvalue weighted by molar-refractivity contribution is 0.0984. The largest absolute Gasteiger partial charge is 0.325 e. The van der Waals surface area contributed by atoms with Crippen molar-refractivity contribution in [2.24, 2.45) is 0 Å². The fourth-order valence-electron chi connectivity index (χ4n) is 3.22. The van der Waals surface area contributed by atoms with Crippen molar-refractivity contribution in [3.05, 3.63) is 63.1 Å². The quantitative estimate of drug-likeness (QED) is 0.922. The van der Waals surface area contributed by atoms with Gasteiger partial charge < -0.3 is 14.8 Å². The highest BCUT2D eigenvalue weighted by Gasteiger charge is 2.25. The Kier molecular flexibility index (Phi) is 4.53. The van der Waals surface area contributed by atoms with Crippen molar-refractivity contribution in [3.63, 3.8) is 0 Å². The number of likely N-dealkylation sites (N-methyl/N-ethyl adjacent to an activating group) is 1. The number of aryl methyl sites for hydroxylation is 2. The first-order valence-electron chi connectivity index (χ1n) is 8.32. The van der Waals surface area contributed by atoms with Crippen LogP contribution in [-0.2, 0) is 13.0 Å². The van der Waals surface area contributed by atoms with Crippen molar-refractivity contribution in [2.45, 2.75) is 26.8 Å². The van der Waals surface area contributed by atoms with Gasteiger partial charge in [0.05, 0.1) is 0 Å². The van der Waals surface area contributed by atoms with E-state index in [0.29, 0.717) is 6.54 Å². The second-order valence-electron chi connectivity index (χ2n) is 6.35. The van der Waals surface area contributed by atoms with Gasteiger partial charge in [-0.05, 0) is 43.7 Å². The third-order valence-corrected chi connectivity index (χ3v) is 4.60. The van der Waals surface area contributed by atoms with Crippen molar-refractivity contribution in [1.82, 2.24) is 9.88 Å². The number of rotatable bonds is 2. The van der Waals surface area contributed by atoms with Crippen LogP contribution in [0.5, 0.6) is 0 Å². The maximum atomic E-state index is 13.1. The molecule has 24 heavy (non-hydrogen) atoms. The second-order valence-corrected chi connectivity index (χ2v) is 6.35. The fraction of sp³-hybridized carbons (Fsp3) is 0.368. The summed E-state index contributed by atoms with van der Waals surface area (Å²) in [6.07, 6.45) is 0.743. The summed E-state index contributed by atoms with van der Waals surface area (Å²) < 4.78 is 0. The Morgan fingerprint density at radius 2 is 2.00 bits per heavy atom. The van der Waals surface area contributed by atoms with Crippen LogP contribution < -0.4 is 10.5 Å². The van der Waals surface area contributed by atoms with E-state index in [-0.39, 0.29) is 17.0 Å². The number of fused-ring (bicyclic) bond motifs is 1. The number of hydrogen-bond donors (Lipinski definition) is 1. The van der Waals surface area contributed by atoms with Gasteiger partial charge in [-0.1, -0.05) is 25.1 Å². The Labute approximate surface area is 141 Å². The van der Waals surface area contributed by atoms with E-state index in [1.165, 1.54) is 0 Å². The molecule has 0 spiro atoms. The van der Waals surface area contributed by atoms with E-state index in [9.17, 15) is 9.59 Å². The molecule has 0 aliphatic carbocycles. The molecule has 1 amide bonds. The molecule has 2 heterocycles. The highest BCUT2D eigenvalue weighted by atomic mass is 16.2. The molecule has 3 rings (SSSR count). The minimum Gasteiger partial charge on any atom is -0.325 e. The highest BCUT2D eigenvalue weighted by Crippen LogP contribution is 2.25. The molecule has 1 aliphatic heterocycles. The monoisotopic (exact) mass is 325 g/mol. The van der Waals surface area contributed by atoms with Crippen molar-refractivity contribution in [3.8, 4) is 0 Å². The summed E-state index contributed by atoms with van der Waals surface area (Å²) in [4.78, 5) is 32.2. The van der Waals surface area contributed by atoms with Crippen LogP contribution in [0, 0.1) is 6.92 Å². The van der Waals surface area contributed by atoms with E-state index in [2.05, 4.69) is 9.88 Å². The molecule has 2 aromatic rings. The first-order chi connectivity index (χ1) is 11.5. The fourth-order valence-corrected chi connectivity index (χ4v) is 3.22. The number of amides is 1. The predicted molar refractivity (Wildman–Crippen MR) is 95.6 cm³/mol. The van der Waals surface area contributed by atoms with Gasteiger partial charge in [0.2, 0.25) is 0 Å². The number of H-pyrrole nitrogens is 1. The summed E-state index contributed by atoms with van der Waals surface area (Å²) in [5, 5.41) is 0. The maximum absolute atomic E-state index is 13.1. The number of nitrogens with zero attached hydrogens (tertiary/aromatic N) is 2. The normalized spacial score (nSPS) is 15.0. The van der Waals surface area contributed by atoms with E-state index in [1.807, 2.05) is 45.2 Å². The van der Waals surface area contributed by atoms with Crippen LogP contribution in [0.15, 0.2) is 35.1 Å². The molecule has 0 radical (unpaired) electrons. The topological polar surface area (TPSA) is 56.4 Å². The van der Waals surface area contributed by atoms with Crippen molar-refractivity contribution in [1.29, 1.82) is 0 Å². The molecule has 1 aliphatic rings. The van der Waals surface area contributed by atoms with Gasteiger partial charge in [0.25, 0.3) is 11.5 Å². The Morgan fingerprint density at radius 1 is 1.25 bits per heavy atom. The van der Waals surface area contributed by atoms with Crippen molar-refractivity contribution in [2.75, 3.05) is 25.0 Å². The van der Waals surface area contributed by atoms with Crippen LogP contribution in [0.25, 0.3) is 0 Å². The molecular weight excluding hydrogens is 302 g/mol.